The molecular weight excluding hydrogens is 498 g/mol. The molecule has 2 rings (SSSR count). The zero-order valence-electron chi connectivity index (χ0n) is 23.8. The van der Waals surface area contributed by atoms with Crippen molar-refractivity contribution in [3.63, 3.8) is 0 Å². The number of aliphatic hydroxyl groups is 1. The summed E-state index contributed by atoms with van der Waals surface area (Å²) < 4.78 is 21.5. The normalized spacial score (nSPS) is 25.8. The molecule has 1 aromatic rings. The smallest absolute Gasteiger partial charge is 0.330 e. The number of hydrogen-bond donors (Lipinski definition) is 2. The molecule has 0 aromatic carbocycles. The third-order valence-corrected chi connectivity index (χ3v) is 17.2. The molecule has 1 fully saturated rings. The topological polar surface area (TPSA) is 123 Å². The Kier molecular flexibility index (Phi) is 8.87. The van der Waals surface area contributed by atoms with Crippen molar-refractivity contribution in [2.45, 2.75) is 108 Å². The quantitative estimate of drug-likeness (QED) is 0.361. The monoisotopic (exact) mass is 544 g/mol. The molecule has 10 nitrogen and oxygen atoms in total. The fourth-order valence-electron chi connectivity index (χ4n) is 3.61. The van der Waals surface area contributed by atoms with E-state index < -0.39 is 51.9 Å². The molecular formula is C24H46N3O7Si2+. The minimum absolute atomic E-state index is 0.0427. The first-order chi connectivity index (χ1) is 16.1. The summed E-state index contributed by atoms with van der Waals surface area (Å²) in [6.07, 6.45) is -1.42. The van der Waals surface area contributed by atoms with Crippen LogP contribution in [0.4, 0.5) is 0 Å². The van der Waals surface area contributed by atoms with Crippen molar-refractivity contribution in [1.29, 1.82) is 0 Å². The van der Waals surface area contributed by atoms with Crippen LogP contribution in [0.25, 0.3) is 0 Å². The largest absolute Gasteiger partial charge is 0.414 e. The number of nitrogens with zero attached hydrogens (tertiary/aromatic N) is 2. The highest BCUT2D eigenvalue weighted by molar-refractivity contribution is 6.74. The van der Waals surface area contributed by atoms with Crippen molar-refractivity contribution in [3.8, 4) is 0 Å². The van der Waals surface area contributed by atoms with E-state index in [1.54, 1.807) is 0 Å². The molecule has 0 spiro atoms. The maximum absolute atomic E-state index is 12.8. The summed E-state index contributed by atoms with van der Waals surface area (Å²) in [4.78, 5) is 38.7. The van der Waals surface area contributed by atoms with E-state index in [2.05, 4.69) is 72.7 Å². The van der Waals surface area contributed by atoms with Gasteiger partial charge in [-0.1, -0.05) is 41.5 Å². The second-order valence-electron chi connectivity index (χ2n) is 13.0. The number of ether oxygens (including phenoxy) is 1. The van der Waals surface area contributed by atoms with Gasteiger partial charge in [0.15, 0.2) is 36.5 Å². The highest BCUT2D eigenvalue weighted by Gasteiger charge is 2.60. The maximum Gasteiger partial charge on any atom is 0.330 e. The van der Waals surface area contributed by atoms with Crippen molar-refractivity contribution < 1.29 is 23.5 Å². The Hall–Kier alpha value is -1.45. The first-order valence-corrected chi connectivity index (χ1v) is 18.3. The van der Waals surface area contributed by atoms with Crippen LogP contribution >= 0.6 is 0 Å². The molecule has 1 aliphatic rings. The third-order valence-electron chi connectivity index (χ3n) is 8.19. The number of aromatic nitrogens is 2. The van der Waals surface area contributed by atoms with E-state index in [9.17, 15) is 19.6 Å². The summed E-state index contributed by atoms with van der Waals surface area (Å²) in [7, 11) is -3.30. The SMILES string of the molecule is C[N+](=O)CCC1(O)C(CO[Si](C)(C)C(C)(C)C)OC(n2ccc(=O)[nH]c2=O)C1O[Si](C)(C)C(C)(C)C. The Balaban J connectivity index is 2.62. The van der Waals surface area contributed by atoms with Gasteiger partial charge < -0.3 is 18.7 Å². The molecule has 1 saturated heterocycles. The summed E-state index contributed by atoms with van der Waals surface area (Å²) in [6, 6.07) is 1.23. The number of hydrogen-bond acceptors (Lipinski definition) is 7. The van der Waals surface area contributed by atoms with Crippen LogP contribution in [0.2, 0.25) is 36.3 Å². The van der Waals surface area contributed by atoms with Gasteiger partial charge in [-0.15, -0.1) is 0 Å². The molecule has 0 saturated carbocycles. The zero-order chi connectivity index (χ0) is 27.9. The Morgan fingerprint density at radius 1 is 1.11 bits per heavy atom. The Bertz CT molecular complexity index is 1060. The first-order valence-electron chi connectivity index (χ1n) is 12.5. The van der Waals surface area contributed by atoms with Gasteiger partial charge in [-0.2, -0.15) is 0 Å². The van der Waals surface area contributed by atoms with E-state index in [4.69, 9.17) is 13.6 Å². The van der Waals surface area contributed by atoms with Crippen molar-refractivity contribution >= 4 is 16.6 Å². The van der Waals surface area contributed by atoms with Gasteiger partial charge in [-0.05, 0) is 41.0 Å². The van der Waals surface area contributed by atoms with Gasteiger partial charge >= 0.3 is 5.69 Å². The van der Waals surface area contributed by atoms with Crippen LogP contribution in [0.3, 0.4) is 0 Å². The molecule has 2 N–H and O–H groups in total. The van der Waals surface area contributed by atoms with E-state index >= 15 is 0 Å². The molecule has 0 radical (unpaired) electrons. The number of H-pyrrole nitrogens is 1. The summed E-state index contributed by atoms with van der Waals surface area (Å²) in [5, 5.41) is 12.0. The van der Waals surface area contributed by atoms with Crippen molar-refractivity contribution in [2.75, 3.05) is 20.2 Å². The van der Waals surface area contributed by atoms with Crippen LogP contribution < -0.4 is 11.2 Å². The maximum atomic E-state index is 12.8. The van der Waals surface area contributed by atoms with Gasteiger partial charge in [0.05, 0.1) is 6.61 Å². The second-order valence-corrected chi connectivity index (χ2v) is 22.6. The van der Waals surface area contributed by atoms with Gasteiger partial charge in [0.25, 0.3) is 5.56 Å². The molecule has 2 heterocycles. The number of rotatable bonds is 9. The second kappa shape index (κ2) is 10.4. The molecule has 0 aliphatic carbocycles. The highest BCUT2D eigenvalue weighted by Crippen LogP contribution is 2.47. The molecule has 4 atom stereocenters. The number of nitrogens with one attached hydrogen (secondary N) is 1. The molecule has 206 valence electrons. The van der Waals surface area contributed by atoms with Crippen molar-refractivity contribution in [2.24, 2.45) is 0 Å². The average Bonchev–Trinajstić information content (AvgIpc) is 2.95. The molecule has 1 aliphatic heterocycles. The summed E-state index contributed by atoms with van der Waals surface area (Å²) in [5.41, 5.74) is -2.81. The van der Waals surface area contributed by atoms with E-state index in [-0.39, 0.29) is 29.6 Å². The number of nitroso groups, excluding NO2 is 1. The van der Waals surface area contributed by atoms with Gasteiger partial charge in [-0.25, -0.2) is 4.79 Å². The fraction of sp³-hybridized carbons (Fsp3) is 0.833. The van der Waals surface area contributed by atoms with Gasteiger partial charge in [-0.3, -0.25) is 14.3 Å². The lowest BCUT2D eigenvalue weighted by Crippen LogP contribution is -2.57. The molecule has 1 aromatic heterocycles. The molecule has 36 heavy (non-hydrogen) atoms. The predicted octanol–water partition coefficient (Wildman–Crippen LogP) is 3.38. The van der Waals surface area contributed by atoms with Crippen LogP contribution in [0, 0.1) is 4.91 Å². The predicted molar refractivity (Wildman–Crippen MR) is 144 cm³/mol. The van der Waals surface area contributed by atoms with Crippen molar-refractivity contribution in [3.05, 3.63) is 38.0 Å². The third kappa shape index (κ3) is 6.51. The van der Waals surface area contributed by atoms with Crippen LogP contribution in [0.1, 0.15) is 54.2 Å². The standard InChI is InChI=1S/C24H45N3O7Si2/c1-22(2,3)35(8,9)32-16-17-24(30,13-15-26(7)31)19(34-36(10,11)23(4,5)6)20(33-17)27-14-12-18(28)25-21(27)29/h12,14,17,19-20,30H,13,15-16H2,1-11H3/p+1. The highest BCUT2D eigenvalue weighted by atomic mass is 28.4. The lowest BCUT2D eigenvalue weighted by Gasteiger charge is -2.43. The van der Waals surface area contributed by atoms with Gasteiger partial charge in [0.1, 0.15) is 17.8 Å². The van der Waals surface area contributed by atoms with Crippen LogP contribution in [0.15, 0.2) is 21.9 Å². The van der Waals surface area contributed by atoms with Crippen LogP contribution in [-0.2, 0) is 13.6 Å². The Morgan fingerprint density at radius 2 is 1.67 bits per heavy atom. The summed E-state index contributed by atoms with van der Waals surface area (Å²) in [5.74, 6) is 0. The van der Waals surface area contributed by atoms with Crippen LogP contribution in [0.5, 0.6) is 0 Å². The zero-order valence-corrected chi connectivity index (χ0v) is 25.8. The van der Waals surface area contributed by atoms with E-state index in [1.165, 1.54) is 23.9 Å². The van der Waals surface area contributed by atoms with E-state index in [0.717, 1.165) is 4.76 Å². The molecule has 0 bridgehead atoms. The van der Waals surface area contributed by atoms with Gasteiger partial charge in [0, 0.05) is 23.6 Å². The van der Waals surface area contributed by atoms with Crippen LogP contribution in [-0.4, -0.2) is 74.1 Å². The lowest BCUT2D eigenvalue weighted by atomic mass is 9.88. The Morgan fingerprint density at radius 3 is 2.14 bits per heavy atom. The average molecular weight is 545 g/mol. The lowest BCUT2D eigenvalue weighted by molar-refractivity contribution is -0.522. The number of aromatic amines is 1. The van der Waals surface area contributed by atoms with E-state index in [0.29, 0.717) is 0 Å². The summed E-state index contributed by atoms with van der Waals surface area (Å²) >= 11 is 0. The Labute approximate surface area is 216 Å². The summed E-state index contributed by atoms with van der Waals surface area (Å²) in [6.45, 7) is 21.1. The minimum Gasteiger partial charge on any atom is -0.414 e. The molecule has 4 unspecified atom stereocenters. The van der Waals surface area contributed by atoms with E-state index in [1.807, 2.05) is 0 Å². The minimum atomic E-state index is -2.49. The first kappa shape index (κ1) is 30.8. The molecule has 0 amide bonds. The van der Waals surface area contributed by atoms with Gasteiger partial charge in [0.2, 0.25) is 0 Å². The van der Waals surface area contributed by atoms with Crippen molar-refractivity contribution in [1.82, 2.24) is 9.55 Å². The fourth-order valence-corrected chi connectivity index (χ4v) is 5.92. The molecule has 12 heteroatoms.